The summed E-state index contributed by atoms with van der Waals surface area (Å²) in [6.07, 6.45) is 7.31. The van der Waals surface area contributed by atoms with Gasteiger partial charge in [-0.05, 0) is 49.8 Å². The third kappa shape index (κ3) is 5.43. The van der Waals surface area contributed by atoms with E-state index in [0.29, 0.717) is 43.2 Å². The predicted molar refractivity (Wildman–Crippen MR) is 129 cm³/mol. The summed E-state index contributed by atoms with van der Waals surface area (Å²) >= 11 is 0. The molecule has 0 aromatic heterocycles. The number of rotatable bonds is 10. The van der Waals surface area contributed by atoms with Crippen LogP contribution in [-0.4, -0.2) is 43.9 Å². The molecule has 176 valence electrons. The Morgan fingerprint density at radius 2 is 1.88 bits per heavy atom. The summed E-state index contributed by atoms with van der Waals surface area (Å²) in [6, 6.07) is 7.15. The Morgan fingerprint density at radius 1 is 1.22 bits per heavy atom. The van der Waals surface area contributed by atoms with Gasteiger partial charge in [-0.2, -0.15) is 0 Å². The summed E-state index contributed by atoms with van der Waals surface area (Å²) in [7, 11) is -1.51. The summed E-state index contributed by atoms with van der Waals surface area (Å²) < 4.78 is 25.7. The van der Waals surface area contributed by atoms with Crippen molar-refractivity contribution in [2.45, 2.75) is 68.4 Å². The molecule has 1 aromatic carbocycles. The zero-order chi connectivity index (χ0) is 23.2. The van der Waals surface area contributed by atoms with E-state index in [9.17, 15) is 13.2 Å². The maximum absolute atomic E-state index is 13.2. The number of hydrogen-bond acceptors (Lipinski definition) is 5. The van der Waals surface area contributed by atoms with Gasteiger partial charge < -0.3 is 21.7 Å². The quantitative estimate of drug-likeness (QED) is 0.315. The van der Waals surface area contributed by atoms with Crippen LogP contribution in [0, 0.1) is 0 Å². The van der Waals surface area contributed by atoms with Crippen molar-refractivity contribution in [3.63, 3.8) is 0 Å². The maximum Gasteiger partial charge on any atom is 0.319 e. The van der Waals surface area contributed by atoms with Gasteiger partial charge in [0.25, 0.3) is 0 Å². The highest BCUT2D eigenvalue weighted by atomic mass is 32.2. The highest BCUT2D eigenvalue weighted by Crippen LogP contribution is 2.52. The zero-order valence-electron chi connectivity index (χ0n) is 19.0. The minimum Gasteiger partial charge on any atom is -0.390 e. The molecule has 2 amide bonds. The molecule has 2 aliphatic carbocycles. The normalized spacial score (nSPS) is 18.9. The van der Waals surface area contributed by atoms with E-state index in [-0.39, 0.29) is 11.3 Å². The summed E-state index contributed by atoms with van der Waals surface area (Å²) in [6.45, 7) is 2.99. The predicted octanol–water partition coefficient (Wildman–Crippen LogP) is 3.07. The summed E-state index contributed by atoms with van der Waals surface area (Å²) in [5, 5.41) is 8.38. The number of aliphatic imine (C=N–C) groups is 1. The van der Waals surface area contributed by atoms with E-state index in [4.69, 9.17) is 5.73 Å². The molecule has 2 fully saturated rings. The second-order valence-corrected chi connectivity index (χ2v) is 11.1. The third-order valence-corrected chi connectivity index (χ3v) is 9.30. The number of amides is 2. The number of carbonyl (C=O) groups is 1. The van der Waals surface area contributed by atoms with Crippen LogP contribution in [0.25, 0.3) is 0 Å². The minimum absolute atomic E-state index is 0.229. The van der Waals surface area contributed by atoms with E-state index >= 15 is 0 Å². The number of nitrogens with zero attached hydrogens (tertiary/aromatic N) is 1. The molecule has 9 heteroatoms. The summed E-state index contributed by atoms with van der Waals surface area (Å²) in [5.41, 5.74) is 8.41. The van der Waals surface area contributed by atoms with Crippen LogP contribution < -0.4 is 21.7 Å². The number of hydrogen-bond donors (Lipinski definition) is 4. The number of nitrogens with one attached hydrogen (secondary N) is 3. The second-order valence-electron chi connectivity index (χ2n) is 8.57. The monoisotopic (exact) mass is 461 g/mol. The maximum atomic E-state index is 13.2. The van der Waals surface area contributed by atoms with Gasteiger partial charge in [-0.25, -0.2) is 13.2 Å². The number of nitrogens with two attached hydrogens (primary N) is 1. The van der Waals surface area contributed by atoms with Crippen molar-refractivity contribution < 1.29 is 13.2 Å². The Bertz CT molecular complexity index is 960. The molecule has 0 unspecified atom stereocenters. The molecule has 0 aliphatic heterocycles. The Balaban J connectivity index is 1.64. The van der Waals surface area contributed by atoms with Gasteiger partial charge in [0.1, 0.15) is 10.6 Å². The number of amidine groups is 1. The molecule has 5 N–H and O–H groups in total. The Labute approximate surface area is 191 Å². The van der Waals surface area contributed by atoms with Crippen molar-refractivity contribution in [1.82, 2.24) is 10.6 Å². The molecule has 3 rings (SSSR count). The number of anilines is 1. The Hall–Kier alpha value is -2.55. The van der Waals surface area contributed by atoms with Gasteiger partial charge in [-0.3, -0.25) is 4.99 Å². The first-order valence-corrected chi connectivity index (χ1v) is 12.9. The lowest BCUT2D eigenvalue weighted by Crippen LogP contribution is -2.38. The standard InChI is InChI=1S/C23H35N5O3S/c1-3-14-26-22(29)28-18-10-8-17(9-11-18)16-27-21(24)15-20(25-2)23(12-13-23)32(30,31)19-6-4-5-7-19/h8-11,15,19,25H,3-7,12-14,16H2,1-2H3,(H2,24,27)(H2,26,28,29)/b20-15-. The van der Waals surface area contributed by atoms with E-state index in [1.54, 1.807) is 13.1 Å². The highest BCUT2D eigenvalue weighted by Gasteiger charge is 2.59. The fourth-order valence-corrected chi connectivity index (χ4v) is 6.98. The smallest absolute Gasteiger partial charge is 0.319 e. The molecule has 0 saturated heterocycles. The van der Waals surface area contributed by atoms with Gasteiger partial charge in [0, 0.05) is 31.1 Å². The van der Waals surface area contributed by atoms with Crippen molar-refractivity contribution in [2.75, 3.05) is 18.9 Å². The van der Waals surface area contributed by atoms with Crippen LogP contribution in [0.4, 0.5) is 10.5 Å². The van der Waals surface area contributed by atoms with Gasteiger partial charge in [0.05, 0.1) is 11.8 Å². The first kappa shape index (κ1) is 24.1. The topological polar surface area (TPSA) is 126 Å². The summed E-state index contributed by atoms with van der Waals surface area (Å²) in [4.78, 5) is 16.1. The second kappa shape index (κ2) is 10.4. The van der Waals surface area contributed by atoms with E-state index in [2.05, 4.69) is 20.9 Å². The molecular formula is C23H35N5O3S. The van der Waals surface area contributed by atoms with Crippen LogP contribution in [0.15, 0.2) is 41.0 Å². The fraction of sp³-hybridized carbons (Fsp3) is 0.565. The van der Waals surface area contributed by atoms with Crippen molar-refractivity contribution in [3.8, 4) is 0 Å². The molecule has 2 saturated carbocycles. The lowest BCUT2D eigenvalue weighted by molar-refractivity contribution is 0.252. The number of urea groups is 1. The molecule has 0 heterocycles. The summed E-state index contributed by atoms with van der Waals surface area (Å²) in [5.74, 6) is 0.295. The molecule has 32 heavy (non-hydrogen) atoms. The van der Waals surface area contributed by atoms with Gasteiger partial charge >= 0.3 is 6.03 Å². The molecule has 0 radical (unpaired) electrons. The first-order valence-electron chi connectivity index (χ1n) is 11.4. The zero-order valence-corrected chi connectivity index (χ0v) is 19.8. The average molecular weight is 462 g/mol. The molecule has 0 atom stereocenters. The van der Waals surface area contributed by atoms with Crippen molar-refractivity contribution >= 4 is 27.4 Å². The molecule has 0 bridgehead atoms. The van der Waals surface area contributed by atoms with Gasteiger partial charge in [0.15, 0.2) is 9.84 Å². The van der Waals surface area contributed by atoms with Crippen LogP contribution in [-0.2, 0) is 16.4 Å². The van der Waals surface area contributed by atoms with Crippen LogP contribution in [0.3, 0.4) is 0 Å². The van der Waals surface area contributed by atoms with E-state index in [1.165, 1.54) is 0 Å². The van der Waals surface area contributed by atoms with E-state index in [1.807, 2.05) is 31.2 Å². The third-order valence-electron chi connectivity index (χ3n) is 6.23. The molecular weight excluding hydrogens is 426 g/mol. The molecule has 8 nitrogen and oxygen atoms in total. The number of carbonyl (C=O) groups excluding carboxylic acids is 1. The average Bonchev–Trinajstić information content (AvgIpc) is 3.41. The molecule has 1 aromatic rings. The van der Waals surface area contributed by atoms with Gasteiger partial charge in [-0.1, -0.05) is 31.9 Å². The van der Waals surface area contributed by atoms with Crippen molar-refractivity contribution in [2.24, 2.45) is 10.7 Å². The Kier molecular flexibility index (Phi) is 7.82. The largest absolute Gasteiger partial charge is 0.390 e. The van der Waals surface area contributed by atoms with E-state index < -0.39 is 14.6 Å². The van der Waals surface area contributed by atoms with Crippen molar-refractivity contribution in [3.05, 3.63) is 41.6 Å². The lowest BCUT2D eigenvalue weighted by atomic mass is 10.2. The first-order chi connectivity index (χ1) is 15.3. The van der Waals surface area contributed by atoms with Crippen LogP contribution >= 0.6 is 0 Å². The van der Waals surface area contributed by atoms with Crippen molar-refractivity contribution in [1.29, 1.82) is 0 Å². The van der Waals surface area contributed by atoms with Gasteiger partial charge in [-0.15, -0.1) is 0 Å². The number of sulfone groups is 1. The van der Waals surface area contributed by atoms with Gasteiger partial charge in [0.2, 0.25) is 0 Å². The molecule has 0 spiro atoms. The molecule has 2 aliphatic rings. The SMILES string of the molecule is CCCNC(=O)Nc1ccc(C/N=C(N)\C=C(/NC)C2(S(=O)(=O)C3CCCC3)CC2)cc1. The van der Waals surface area contributed by atoms with Crippen LogP contribution in [0.2, 0.25) is 0 Å². The fourth-order valence-electron chi connectivity index (χ4n) is 4.25. The highest BCUT2D eigenvalue weighted by molar-refractivity contribution is 7.94. The Morgan fingerprint density at radius 3 is 2.44 bits per heavy atom. The lowest BCUT2D eigenvalue weighted by Gasteiger charge is -2.23. The van der Waals surface area contributed by atoms with Crippen LogP contribution in [0.5, 0.6) is 0 Å². The minimum atomic E-state index is -3.25. The van der Waals surface area contributed by atoms with Crippen LogP contribution in [0.1, 0.15) is 57.4 Å². The van der Waals surface area contributed by atoms with E-state index in [0.717, 1.165) is 37.7 Å². The number of benzene rings is 1.